The van der Waals surface area contributed by atoms with Crippen LogP contribution in [0.15, 0.2) is 84.9 Å². The zero-order valence-electron chi connectivity index (χ0n) is 22.3. The summed E-state index contributed by atoms with van der Waals surface area (Å²) in [6.07, 6.45) is 0.239. The minimum absolute atomic E-state index is 0.107. The number of fused-ring (bicyclic) bond motifs is 1. The Bertz CT molecular complexity index is 1490. The first-order valence-electron chi connectivity index (χ1n) is 13.2. The van der Waals surface area contributed by atoms with Gasteiger partial charge in [-0.15, -0.1) is 16.9 Å². The number of carbonyl (C=O) groups is 2. The monoisotopic (exact) mass is 554 g/mol. The third-order valence-electron chi connectivity index (χ3n) is 7.27. The maximum Gasteiger partial charge on any atom is 0.249 e. The van der Waals surface area contributed by atoms with Gasteiger partial charge >= 0.3 is 0 Å². The Hall–Kier alpha value is -4.18. The van der Waals surface area contributed by atoms with Crippen LogP contribution >= 0.6 is 11.8 Å². The van der Waals surface area contributed by atoms with Crippen molar-refractivity contribution in [2.75, 3.05) is 0 Å². The average Bonchev–Trinajstić information content (AvgIpc) is 3.51. The first kappa shape index (κ1) is 26.1. The minimum atomic E-state index is -0.557. The number of nitrogens with one attached hydrogen (secondary N) is 1. The van der Waals surface area contributed by atoms with Crippen molar-refractivity contribution in [1.29, 1.82) is 0 Å². The zero-order valence-corrected chi connectivity index (χ0v) is 23.1. The highest BCUT2D eigenvalue weighted by Crippen LogP contribution is 2.56. The van der Waals surface area contributed by atoms with Crippen LogP contribution in [-0.4, -0.2) is 53.1 Å². The molecule has 2 aliphatic heterocycles. The molecule has 0 bridgehead atoms. The van der Waals surface area contributed by atoms with Crippen LogP contribution in [0, 0.1) is 0 Å². The molecule has 204 valence electrons. The quantitative estimate of drug-likeness (QED) is 0.314. The molecular formula is C30H30N6O3S. The molecule has 40 heavy (non-hydrogen) atoms. The smallest absolute Gasteiger partial charge is 0.249 e. The maximum absolute atomic E-state index is 13.3. The number of benzene rings is 3. The lowest BCUT2D eigenvalue weighted by molar-refractivity contribution is -0.151. The number of thioether (sulfide) groups is 1. The minimum Gasteiger partial charge on any atom is -0.489 e. The van der Waals surface area contributed by atoms with Crippen molar-refractivity contribution < 1.29 is 14.3 Å². The number of hydrogen-bond acceptors (Lipinski definition) is 7. The average molecular weight is 555 g/mol. The molecule has 4 aromatic rings. The Morgan fingerprint density at radius 2 is 1.62 bits per heavy atom. The van der Waals surface area contributed by atoms with E-state index >= 15 is 0 Å². The van der Waals surface area contributed by atoms with Crippen LogP contribution in [0.2, 0.25) is 0 Å². The predicted octanol–water partition coefficient (Wildman–Crippen LogP) is 3.76. The fourth-order valence-corrected chi connectivity index (χ4v) is 6.93. The van der Waals surface area contributed by atoms with Gasteiger partial charge in [0.15, 0.2) is 5.82 Å². The molecule has 2 amide bonds. The normalized spacial score (nSPS) is 21.0. The molecule has 3 heterocycles. The number of β-lactam (4-membered cyclic amide) rings is 1. The summed E-state index contributed by atoms with van der Waals surface area (Å²) >= 11 is 1.67. The molecule has 3 atom stereocenters. The highest BCUT2D eigenvalue weighted by molar-refractivity contribution is 8.01. The van der Waals surface area contributed by atoms with Gasteiger partial charge in [-0.2, -0.15) is 0 Å². The summed E-state index contributed by atoms with van der Waals surface area (Å²) in [6.45, 7) is 5.15. The highest BCUT2D eigenvalue weighted by Gasteiger charge is 2.63. The molecule has 9 nitrogen and oxygen atoms in total. The van der Waals surface area contributed by atoms with Crippen LogP contribution in [0.3, 0.4) is 0 Å². The standard InChI is InChI=1S/C30H30N6O3S/c1-30(2)26(36-28(38)25(29(36)40-30)31-24(37)17-20-9-5-3-6-10-20)27-32-33-34-35(27)18-21-13-15-23(16-14-21)39-19-22-11-7-4-8-12-22/h3-16,25-26,29H,17-19H2,1-2H3,(H,31,37)/t25?,26?,29-/m0/s1. The van der Waals surface area contributed by atoms with Crippen molar-refractivity contribution in [3.8, 4) is 5.75 Å². The number of rotatable bonds is 9. The lowest BCUT2D eigenvalue weighted by Gasteiger charge is -2.44. The summed E-state index contributed by atoms with van der Waals surface area (Å²) in [5.74, 6) is 1.15. The molecule has 6 rings (SSSR count). The van der Waals surface area contributed by atoms with Crippen molar-refractivity contribution in [2.24, 2.45) is 0 Å². The van der Waals surface area contributed by atoms with E-state index in [2.05, 4.69) is 34.7 Å². The van der Waals surface area contributed by atoms with Crippen molar-refractivity contribution in [3.05, 3.63) is 107 Å². The molecule has 2 saturated heterocycles. The number of hydrogen-bond donors (Lipinski definition) is 1. The van der Waals surface area contributed by atoms with Gasteiger partial charge < -0.3 is 15.0 Å². The number of tetrazole rings is 1. The van der Waals surface area contributed by atoms with E-state index in [-0.39, 0.29) is 34.4 Å². The Kier molecular flexibility index (Phi) is 7.02. The van der Waals surface area contributed by atoms with Crippen LogP contribution < -0.4 is 10.1 Å². The van der Waals surface area contributed by atoms with Crippen LogP contribution in [0.25, 0.3) is 0 Å². The summed E-state index contributed by atoms with van der Waals surface area (Å²) in [5.41, 5.74) is 3.04. The molecule has 2 unspecified atom stereocenters. The second-order valence-electron chi connectivity index (χ2n) is 10.6. The molecule has 2 aliphatic rings. The molecule has 0 radical (unpaired) electrons. The van der Waals surface area contributed by atoms with Crippen molar-refractivity contribution >= 4 is 23.6 Å². The fraction of sp³-hybridized carbons (Fsp3) is 0.300. The van der Waals surface area contributed by atoms with E-state index in [4.69, 9.17) is 4.74 Å². The summed E-state index contributed by atoms with van der Waals surface area (Å²) < 4.78 is 7.31. The number of amides is 2. The largest absolute Gasteiger partial charge is 0.489 e. The second-order valence-corrected chi connectivity index (χ2v) is 12.4. The van der Waals surface area contributed by atoms with E-state index in [1.54, 1.807) is 16.4 Å². The number of aromatic nitrogens is 4. The Balaban J connectivity index is 1.12. The lowest BCUT2D eigenvalue weighted by atomic mass is 9.95. The molecule has 0 saturated carbocycles. The Morgan fingerprint density at radius 3 is 2.33 bits per heavy atom. The van der Waals surface area contributed by atoms with Gasteiger partial charge in [0.2, 0.25) is 11.8 Å². The van der Waals surface area contributed by atoms with Gasteiger partial charge in [-0.1, -0.05) is 72.8 Å². The molecule has 0 spiro atoms. The molecule has 1 N–H and O–H groups in total. The van der Waals surface area contributed by atoms with Gasteiger partial charge in [0.1, 0.15) is 29.8 Å². The molecule has 2 fully saturated rings. The van der Waals surface area contributed by atoms with Gasteiger partial charge in [-0.3, -0.25) is 9.59 Å². The highest BCUT2D eigenvalue weighted by atomic mass is 32.2. The first-order valence-corrected chi connectivity index (χ1v) is 14.1. The van der Waals surface area contributed by atoms with E-state index in [0.29, 0.717) is 19.0 Å². The van der Waals surface area contributed by atoms with Crippen molar-refractivity contribution in [1.82, 2.24) is 30.4 Å². The predicted molar refractivity (Wildman–Crippen MR) is 151 cm³/mol. The maximum atomic E-state index is 13.3. The van der Waals surface area contributed by atoms with Crippen LogP contribution in [0.4, 0.5) is 0 Å². The van der Waals surface area contributed by atoms with Crippen LogP contribution in [0.5, 0.6) is 5.75 Å². The van der Waals surface area contributed by atoms with E-state index in [1.807, 2.05) is 89.8 Å². The van der Waals surface area contributed by atoms with Gasteiger partial charge in [0.25, 0.3) is 0 Å². The third kappa shape index (κ3) is 5.19. The van der Waals surface area contributed by atoms with E-state index in [1.165, 1.54) is 0 Å². The van der Waals surface area contributed by atoms with E-state index in [9.17, 15) is 9.59 Å². The Labute approximate surface area is 236 Å². The van der Waals surface area contributed by atoms with Gasteiger partial charge in [-0.05, 0) is 53.1 Å². The van der Waals surface area contributed by atoms with E-state index < -0.39 is 6.04 Å². The SMILES string of the molecule is CC1(C)S[C@H]2C(NC(=O)Cc3ccccc3)C(=O)N2C1c1nnnn1Cc1ccc(OCc2ccccc2)cc1. The number of carbonyl (C=O) groups excluding carboxylic acids is 2. The van der Waals surface area contributed by atoms with Gasteiger partial charge in [0, 0.05) is 4.75 Å². The summed E-state index contributed by atoms with van der Waals surface area (Å²) in [7, 11) is 0. The van der Waals surface area contributed by atoms with Crippen LogP contribution in [-0.2, 0) is 29.2 Å². The summed E-state index contributed by atoms with van der Waals surface area (Å²) in [6, 6.07) is 26.6. The summed E-state index contributed by atoms with van der Waals surface area (Å²) in [5, 5.41) is 15.3. The van der Waals surface area contributed by atoms with Gasteiger partial charge in [0.05, 0.1) is 13.0 Å². The first-order chi connectivity index (χ1) is 19.4. The molecule has 10 heteroatoms. The van der Waals surface area contributed by atoms with E-state index in [0.717, 1.165) is 22.4 Å². The lowest BCUT2D eigenvalue weighted by Crippen LogP contribution is -2.68. The molecule has 0 aliphatic carbocycles. The fourth-order valence-electron chi connectivity index (χ4n) is 5.30. The topological polar surface area (TPSA) is 102 Å². The number of nitrogens with zero attached hydrogens (tertiary/aromatic N) is 5. The van der Waals surface area contributed by atoms with Crippen LogP contribution in [0.1, 0.15) is 42.4 Å². The number of ether oxygens (including phenoxy) is 1. The summed E-state index contributed by atoms with van der Waals surface area (Å²) in [4.78, 5) is 27.8. The Morgan fingerprint density at radius 1 is 0.950 bits per heavy atom. The molecule has 1 aromatic heterocycles. The van der Waals surface area contributed by atoms with Gasteiger partial charge in [-0.25, -0.2) is 4.68 Å². The van der Waals surface area contributed by atoms with Crippen molar-refractivity contribution in [3.63, 3.8) is 0 Å². The second kappa shape index (κ2) is 10.8. The third-order valence-corrected chi connectivity index (χ3v) is 8.84. The molecular weight excluding hydrogens is 524 g/mol. The zero-order chi connectivity index (χ0) is 27.7. The molecule has 3 aromatic carbocycles. The van der Waals surface area contributed by atoms with Crippen molar-refractivity contribution in [2.45, 2.75) is 55.6 Å².